The van der Waals surface area contributed by atoms with Crippen molar-refractivity contribution in [2.75, 3.05) is 26.9 Å². The van der Waals surface area contributed by atoms with E-state index in [1.54, 1.807) is 44.2 Å². The van der Waals surface area contributed by atoms with Gasteiger partial charge in [-0.05, 0) is 91.8 Å². The molecule has 0 unspecified atom stereocenters. The van der Waals surface area contributed by atoms with E-state index in [1.165, 1.54) is 23.0 Å². The van der Waals surface area contributed by atoms with Crippen LogP contribution in [0.4, 0.5) is 0 Å². The summed E-state index contributed by atoms with van der Waals surface area (Å²) in [5.74, 6) is 0.888. The average molecular weight is 665 g/mol. The normalized spacial score (nSPS) is 15.0. The highest BCUT2D eigenvalue weighted by atomic mass is 127. The standard InChI is InChI=1S/C28H29IN2O7S/c1-6-36-19-10-9-17(14-20(19)37-7-2)24-23(27(34)38-8-3)15(4)30-28-31(24)26(33)22(39-28)13-16-11-18(29)25(32)21(12-16)35-5/h9-14,24,32H,6-8H2,1-5H3/b22-13-/t24-/m1/s1. The number of fused-ring (bicyclic) bond motifs is 1. The number of allylic oxidation sites excluding steroid dienone is 1. The molecule has 1 aliphatic heterocycles. The first-order valence-corrected chi connectivity index (χ1v) is 14.3. The van der Waals surface area contributed by atoms with E-state index >= 15 is 0 Å². The highest BCUT2D eigenvalue weighted by Gasteiger charge is 2.34. The lowest BCUT2D eigenvalue weighted by Gasteiger charge is -2.25. The number of halogens is 1. The smallest absolute Gasteiger partial charge is 0.338 e. The van der Waals surface area contributed by atoms with E-state index in [9.17, 15) is 14.7 Å². The van der Waals surface area contributed by atoms with Crippen LogP contribution in [0.5, 0.6) is 23.0 Å². The van der Waals surface area contributed by atoms with E-state index in [2.05, 4.69) is 4.99 Å². The fourth-order valence-electron chi connectivity index (χ4n) is 4.33. The van der Waals surface area contributed by atoms with Gasteiger partial charge in [0.05, 0.1) is 52.3 Å². The Kier molecular flexibility index (Phi) is 9.01. The third-order valence-electron chi connectivity index (χ3n) is 5.97. The Morgan fingerprint density at radius 3 is 2.49 bits per heavy atom. The van der Waals surface area contributed by atoms with Crippen LogP contribution in [-0.4, -0.2) is 42.6 Å². The van der Waals surface area contributed by atoms with E-state index in [4.69, 9.17) is 18.9 Å². The summed E-state index contributed by atoms with van der Waals surface area (Å²) in [6.45, 7) is 8.29. The zero-order valence-electron chi connectivity index (χ0n) is 22.2. The van der Waals surface area contributed by atoms with Crippen LogP contribution in [0.1, 0.15) is 44.9 Å². The predicted octanol–water partition coefficient (Wildman–Crippen LogP) is 3.91. The molecule has 2 aromatic carbocycles. The molecule has 0 spiro atoms. The Morgan fingerprint density at radius 1 is 1.10 bits per heavy atom. The first-order chi connectivity index (χ1) is 18.7. The van der Waals surface area contributed by atoms with Crippen LogP contribution in [0, 0.1) is 3.57 Å². The summed E-state index contributed by atoms with van der Waals surface area (Å²) in [6.07, 6.45) is 1.72. The molecule has 0 aliphatic carbocycles. The molecule has 0 bridgehead atoms. The highest BCUT2D eigenvalue weighted by Crippen LogP contribution is 2.36. The average Bonchev–Trinajstić information content (AvgIpc) is 3.20. The number of phenolic OH excluding ortho intramolecular Hbond substituents is 1. The van der Waals surface area contributed by atoms with Gasteiger partial charge in [-0.1, -0.05) is 17.4 Å². The second-order valence-electron chi connectivity index (χ2n) is 8.43. The fraction of sp³-hybridized carbons (Fsp3) is 0.321. The quantitative estimate of drug-likeness (QED) is 0.273. The third kappa shape index (κ3) is 5.69. The number of thiazole rings is 1. The minimum atomic E-state index is -0.785. The van der Waals surface area contributed by atoms with Crippen LogP contribution in [0.15, 0.2) is 51.4 Å². The predicted molar refractivity (Wildman–Crippen MR) is 157 cm³/mol. The summed E-state index contributed by atoms with van der Waals surface area (Å²) >= 11 is 3.22. The van der Waals surface area contributed by atoms with Gasteiger partial charge >= 0.3 is 5.97 Å². The molecule has 1 N–H and O–H groups in total. The maximum atomic E-state index is 13.9. The Morgan fingerprint density at radius 2 is 1.82 bits per heavy atom. The van der Waals surface area contributed by atoms with Crippen molar-refractivity contribution in [2.45, 2.75) is 33.7 Å². The van der Waals surface area contributed by atoms with Crippen LogP contribution in [0.25, 0.3) is 6.08 Å². The van der Waals surface area contributed by atoms with Gasteiger partial charge in [-0.2, -0.15) is 0 Å². The molecule has 39 heavy (non-hydrogen) atoms. The number of aromatic hydroxyl groups is 1. The molecular formula is C28H29IN2O7S. The Balaban J connectivity index is 1.96. The number of nitrogens with zero attached hydrogens (tertiary/aromatic N) is 2. The van der Waals surface area contributed by atoms with Gasteiger partial charge in [0, 0.05) is 0 Å². The molecule has 0 fully saturated rings. The van der Waals surface area contributed by atoms with Gasteiger partial charge in [0.2, 0.25) is 0 Å². The van der Waals surface area contributed by atoms with Crippen molar-refractivity contribution in [1.82, 2.24) is 4.57 Å². The van der Waals surface area contributed by atoms with Crippen LogP contribution in [-0.2, 0) is 9.53 Å². The van der Waals surface area contributed by atoms with E-state index in [1.807, 2.05) is 42.5 Å². The minimum absolute atomic E-state index is 0.0343. The summed E-state index contributed by atoms with van der Waals surface area (Å²) in [5, 5.41) is 10.2. The number of hydrogen-bond acceptors (Lipinski definition) is 9. The molecule has 206 valence electrons. The Bertz CT molecular complexity index is 1620. The Labute approximate surface area is 243 Å². The summed E-state index contributed by atoms with van der Waals surface area (Å²) in [7, 11) is 1.47. The first kappa shape index (κ1) is 28.7. The zero-order valence-corrected chi connectivity index (χ0v) is 25.2. The Hall–Kier alpha value is -3.32. The number of ether oxygens (including phenoxy) is 4. The van der Waals surface area contributed by atoms with Gasteiger partial charge in [0.25, 0.3) is 5.56 Å². The number of methoxy groups -OCH3 is 1. The van der Waals surface area contributed by atoms with Crippen molar-refractivity contribution in [3.63, 3.8) is 0 Å². The first-order valence-electron chi connectivity index (χ1n) is 12.4. The summed E-state index contributed by atoms with van der Waals surface area (Å²) in [6, 6.07) is 8.02. The van der Waals surface area contributed by atoms with Crippen LogP contribution >= 0.6 is 33.9 Å². The maximum Gasteiger partial charge on any atom is 0.338 e. The SMILES string of the molecule is CCOC(=O)C1=C(C)N=c2s/c(=C\c3cc(I)c(O)c(OC)c3)c(=O)n2[C@@H]1c1ccc(OCC)c(OCC)c1. The van der Waals surface area contributed by atoms with E-state index < -0.39 is 12.0 Å². The number of esters is 1. The van der Waals surface area contributed by atoms with Crippen LogP contribution in [0.3, 0.4) is 0 Å². The second kappa shape index (κ2) is 12.2. The highest BCUT2D eigenvalue weighted by molar-refractivity contribution is 14.1. The molecule has 0 radical (unpaired) electrons. The largest absolute Gasteiger partial charge is 0.504 e. The molecule has 0 saturated carbocycles. The molecule has 1 atom stereocenters. The molecule has 4 rings (SSSR count). The second-order valence-corrected chi connectivity index (χ2v) is 10.6. The lowest BCUT2D eigenvalue weighted by Crippen LogP contribution is -2.40. The number of benzene rings is 2. The van der Waals surface area contributed by atoms with Crippen molar-refractivity contribution in [3.8, 4) is 23.0 Å². The van der Waals surface area contributed by atoms with Crippen molar-refractivity contribution < 1.29 is 28.8 Å². The van der Waals surface area contributed by atoms with E-state index in [0.29, 0.717) is 60.2 Å². The molecule has 0 saturated heterocycles. The zero-order chi connectivity index (χ0) is 28.3. The lowest BCUT2D eigenvalue weighted by atomic mass is 9.95. The minimum Gasteiger partial charge on any atom is -0.504 e. The molecular weight excluding hydrogens is 635 g/mol. The van der Waals surface area contributed by atoms with Gasteiger partial charge in [0.1, 0.15) is 0 Å². The molecule has 2 heterocycles. The number of carbonyl (C=O) groups is 1. The molecule has 11 heteroatoms. The van der Waals surface area contributed by atoms with Crippen LogP contribution in [0.2, 0.25) is 0 Å². The van der Waals surface area contributed by atoms with Gasteiger partial charge in [0.15, 0.2) is 27.8 Å². The lowest BCUT2D eigenvalue weighted by molar-refractivity contribution is -0.139. The van der Waals surface area contributed by atoms with Crippen LogP contribution < -0.4 is 29.1 Å². The van der Waals surface area contributed by atoms with Crippen molar-refractivity contribution in [2.24, 2.45) is 4.99 Å². The molecule has 0 amide bonds. The number of carbonyl (C=O) groups excluding carboxylic acids is 1. The van der Waals surface area contributed by atoms with Gasteiger partial charge in [-0.3, -0.25) is 9.36 Å². The summed E-state index contributed by atoms with van der Waals surface area (Å²) in [4.78, 5) is 32.1. The van der Waals surface area contributed by atoms with E-state index in [0.717, 1.165) is 0 Å². The van der Waals surface area contributed by atoms with Gasteiger partial charge < -0.3 is 24.1 Å². The van der Waals surface area contributed by atoms with Gasteiger partial charge in [-0.15, -0.1) is 0 Å². The van der Waals surface area contributed by atoms with Gasteiger partial charge in [-0.25, -0.2) is 9.79 Å². The molecule has 3 aromatic rings. The van der Waals surface area contributed by atoms with E-state index in [-0.39, 0.29) is 23.5 Å². The van der Waals surface area contributed by atoms with Crippen molar-refractivity contribution in [3.05, 3.63) is 76.0 Å². The number of rotatable bonds is 9. The monoisotopic (exact) mass is 664 g/mol. The summed E-state index contributed by atoms with van der Waals surface area (Å²) < 4.78 is 24.7. The molecule has 9 nitrogen and oxygen atoms in total. The molecule has 1 aromatic heterocycles. The van der Waals surface area contributed by atoms with Crippen molar-refractivity contribution >= 4 is 46.0 Å². The topological polar surface area (TPSA) is 109 Å². The van der Waals surface area contributed by atoms with Crippen molar-refractivity contribution in [1.29, 1.82) is 0 Å². The fourth-order valence-corrected chi connectivity index (χ4v) is 6.00. The number of phenols is 1. The third-order valence-corrected chi connectivity index (χ3v) is 7.77. The number of aromatic nitrogens is 1. The maximum absolute atomic E-state index is 13.9. The molecule has 1 aliphatic rings. The number of hydrogen-bond donors (Lipinski definition) is 1. The summed E-state index contributed by atoms with van der Waals surface area (Å²) in [5.41, 5.74) is 1.78.